The van der Waals surface area contributed by atoms with Crippen LogP contribution in [0, 0.1) is 5.92 Å². The van der Waals surface area contributed by atoms with Crippen molar-refractivity contribution in [3.05, 3.63) is 30.3 Å². The van der Waals surface area contributed by atoms with Crippen molar-refractivity contribution >= 4 is 16.0 Å². The number of hydrogen-bond donors (Lipinski definition) is 1. The lowest BCUT2D eigenvalue weighted by Crippen LogP contribution is -2.48. The lowest BCUT2D eigenvalue weighted by atomic mass is 10.1. The van der Waals surface area contributed by atoms with Crippen molar-refractivity contribution in [1.29, 1.82) is 0 Å². The monoisotopic (exact) mass is 394 g/mol. The Labute approximate surface area is 162 Å². The summed E-state index contributed by atoms with van der Waals surface area (Å²) in [5, 5.41) is 3.43. The quantitative estimate of drug-likeness (QED) is 0.603. The maximum atomic E-state index is 11.6. The van der Waals surface area contributed by atoms with Crippen LogP contribution in [0.5, 0.6) is 5.75 Å². The Balaban J connectivity index is 1.43. The third-order valence-corrected chi connectivity index (χ3v) is 6.54. The highest BCUT2D eigenvalue weighted by Gasteiger charge is 2.29. The van der Waals surface area contributed by atoms with Gasteiger partial charge in [0.15, 0.2) is 5.96 Å². The van der Waals surface area contributed by atoms with Crippen molar-refractivity contribution in [2.24, 2.45) is 10.9 Å². The number of nitrogens with zero attached hydrogens (tertiary/aromatic N) is 3. The molecule has 1 atom stereocenters. The summed E-state index contributed by atoms with van der Waals surface area (Å²) >= 11 is 0. The van der Waals surface area contributed by atoms with Gasteiger partial charge < -0.3 is 15.0 Å². The van der Waals surface area contributed by atoms with Crippen LogP contribution in [0.15, 0.2) is 35.3 Å². The zero-order chi connectivity index (χ0) is 19.3. The topological polar surface area (TPSA) is 74.2 Å². The van der Waals surface area contributed by atoms with E-state index in [9.17, 15) is 8.42 Å². The van der Waals surface area contributed by atoms with Crippen molar-refractivity contribution in [3.8, 4) is 5.75 Å². The third kappa shape index (κ3) is 5.59. The minimum Gasteiger partial charge on any atom is -0.490 e. The fraction of sp³-hybridized carbons (Fsp3) is 0.632. The second-order valence-electron chi connectivity index (χ2n) is 7.32. The molecule has 2 saturated heterocycles. The Kier molecular flexibility index (Phi) is 6.59. The van der Waals surface area contributed by atoms with Crippen LogP contribution in [-0.4, -0.2) is 75.7 Å². The molecule has 3 rings (SSSR count). The number of aliphatic imine (C=N–C) groups is 1. The average Bonchev–Trinajstić information content (AvgIpc) is 3.14. The summed E-state index contributed by atoms with van der Waals surface area (Å²) in [6.07, 6.45) is 4.33. The second kappa shape index (κ2) is 8.93. The number of para-hydroxylation sites is 1. The highest BCUT2D eigenvalue weighted by molar-refractivity contribution is 7.88. The minimum atomic E-state index is -3.08. The summed E-state index contributed by atoms with van der Waals surface area (Å²) in [6, 6.07) is 9.96. The van der Waals surface area contributed by atoms with Crippen molar-refractivity contribution in [2.45, 2.75) is 25.4 Å². The van der Waals surface area contributed by atoms with E-state index in [1.54, 1.807) is 11.4 Å². The number of guanidine groups is 1. The molecule has 2 aliphatic heterocycles. The van der Waals surface area contributed by atoms with Crippen LogP contribution >= 0.6 is 0 Å². The summed E-state index contributed by atoms with van der Waals surface area (Å²) in [5.41, 5.74) is 0. The molecular formula is C19H30N4O3S. The molecule has 0 saturated carbocycles. The Morgan fingerprint density at radius 2 is 1.89 bits per heavy atom. The molecule has 1 N–H and O–H groups in total. The molecule has 7 nitrogen and oxygen atoms in total. The molecule has 2 fully saturated rings. The third-order valence-electron chi connectivity index (χ3n) is 5.27. The molecule has 0 bridgehead atoms. The summed E-state index contributed by atoms with van der Waals surface area (Å²) in [7, 11) is -1.28. The summed E-state index contributed by atoms with van der Waals surface area (Å²) in [6.45, 7) is 3.76. The van der Waals surface area contributed by atoms with Crippen LogP contribution in [0.3, 0.4) is 0 Å². The van der Waals surface area contributed by atoms with Crippen LogP contribution in [-0.2, 0) is 10.0 Å². The standard InChI is InChI=1S/C19H30N4O3S/c1-20-19(21-14-16-8-13-23(15-16)27(2,24)25)22-11-9-18(10-12-22)26-17-6-4-3-5-7-17/h3-7,16,18H,8-15H2,1-2H3,(H,20,21). The maximum Gasteiger partial charge on any atom is 0.211 e. The number of hydrogen-bond acceptors (Lipinski definition) is 4. The van der Waals surface area contributed by atoms with Crippen molar-refractivity contribution in [3.63, 3.8) is 0 Å². The van der Waals surface area contributed by atoms with E-state index >= 15 is 0 Å². The van der Waals surface area contributed by atoms with Crippen LogP contribution in [0.2, 0.25) is 0 Å². The van der Waals surface area contributed by atoms with Gasteiger partial charge >= 0.3 is 0 Å². The van der Waals surface area contributed by atoms with E-state index in [0.29, 0.717) is 19.0 Å². The molecule has 2 aliphatic rings. The van der Waals surface area contributed by atoms with Gasteiger partial charge in [0.2, 0.25) is 10.0 Å². The maximum absolute atomic E-state index is 11.6. The van der Waals surface area contributed by atoms with E-state index in [1.165, 1.54) is 6.26 Å². The molecule has 1 aromatic carbocycles. The Hall–Kier alpha value is -1.80. The van der Waals surface area contributed by atoms with E-state index < -0.39 is 10.0 Å². The van der Waals surface area contributed by atoms with E-state index in [2.05, 4.69) is 15.2 Å². The molecule has 1 aromatic rings. The van der Waals surface area contributed by atoms with Gasteiger partial charge in [0, 0.05) is 52.6 Å². The van der Waals surface area contributed by atoms with Gasteiger partial charge in [0.25, 0.3) is 0 Å². The lowest BCUT2D eigenvalue weighted by Gasteiger charge is -2.34. The van der Waals surface area contributed by atoms with Gasteiger partial charge in [-0.25, -0.2) is 12.7 Å². The second-order valence-corrected chi connectivity index (χ2v) is 9.30. The SMILES string of the molecule is CN=C(NCC1CCN(S(C)(=O)=O)C1)N1CCC(Oc2ccccc2)CC1. The van der Waals surface area contributed by atoms with Crippen LogP contribution < -0.4 is 10.1 Å². The Morgan fingerprint density at radius 3 is 2.48 bits per heavy atom. The highest BCUT2D eigenvalue weighted by Crippen LogP contribution is 2.20. The molecule has 0 amide bonds. The van der Waals surface area contributed by atoms with Gasteiger partial charge in [-0.15, -0.1) is 0 Å². The van der Waals surface area contributed by atoms with Crippen molar-refractivity contribution in [1.82, 2.24) is 14.5 Å². The van der Waals surface area contributed by atoms with Crippen LogP contribution in [0.4, 0.5) is 0 Å². The van der Waals surface area contributed by atoms with E-state index in [4.69, 9.17) is 4.74 Å². The molecule has 1 unspecified atom stereocenters. The Bertz CT molecular complexity index is 731. The summed E-state index contributed by atoms with van der Waals surface area (Å²) in [4.78, 5) is 6.67. The summed E-state index contributed by atoms with van der Waals surface area (Å²) in [5.74, 6) is 2.15. The first-order valence-electron chi connectivity index (χ1n) is 9.58. The molecule has 0 aromatic heterocycles. The van der Waals surface area contributed by atoms with Gasteiger partial charge in [0.05, 0.1) is 6.26 Å². The molecule has 0 spiro atoms. The molecule has 150 valence electrons. The molecule has 0 aliphatic carbocycles. The van der Waals surface area contributed by atoms with Gasteiger partial charge in [-0.3, -0.25) is 4.99 Å². The number of rotatable bonds is 5. The number of benzene rings is 1. The van der Waals surface area contributed by atoms with Gasteiger partial charge in [-0.1, -0.05) is 18.2 Å². The predicted molar refractivity (Wildman–Crippen MR) is 108 cm³/mol. The first-order chi connectivity index (χ1) is 13.0. The number of sulfonamides is 1. The minimum absolute atomic E-state index is 0.236. The largest absolute Gasteiger partial charge is 0.490 e. The van der Waals surface area contributed by atoms with Crippen LogP contribution in [0.1, 0.15) is 19.3 Å². The number of nitrogens with one attached hydrogen (secondary N) is 1. The summed E-state index contributed by atoms with van der Waals surface area (Å²) < 4.78 is 30.9. The van der Waals surface area contributed by atoms with Crippen molar-refractivity contribution in [2.75, 3.05) is 46.0 Å². The van der Waals surface area contributed by atoms with Gasteiger partial charge in [-0.05, 0) is 24.5 Å². The lowest BCUT2D eigenvalue weighted by molar-refractivity contribution is 0.129. The average molecular weight is 395 g/mol. The van der Waals surface area contributed by atoms with Crippen molar-refractivity contribution < 1.29 is 13.2 Å². The van der Waals surface area contributed by atoms with E-state index in [1.807, 2.05) is 30.3 Å². The molecule has 0 radical (unpaired) electrons. The Morgan fingerprint density at radius 1 is 1.19 bits per heavy atom. The van der Waals surface area contributed by atoms with Gasteiger partial charge in [-0.2, -0.15) is 0 Å². The van der Waals surface area contributed by atoms with Gasteiger partial charge in [0.1, 0.15) is 11.9 Å². The first kappa shape index (κ1) is 19.9. The zero-order valence-electron chi connectivity index (χ0n) is 16.2. The van der Waals surface area contributed by atoms with Crippen LogP contribution in [0.25, 0.3) is 0 Å². The highest BCUT2D eigenvalue weighted by atomic mass is 32.2. The first-order valence-corrected chi connectivity index (χ1v) is 11.4. The predicted octanol–water partition coefficient (Wildman–Crippen LogP) is 1.39. The molecule has 27 heavy (non-hydrogen) atoms. The number of likely N-dealkylation sites (tertiary alicyclic amines) is 1. The fourth-order valence-corrected chi connectivity index (χ4v) is 4.63. The molecule has 8 heteroatoms. The molecular weight excluding hydrogens is 364 g/mol. The van der Waals surface area contributed by atoms with E-state index in [-0.39, 0.29) is 6.10 Å². The fourth-order valence-electron chi connectivity index (χ4n) is 3.71. The number of ether oxygens (including phenoxy) is 1. The zero-order valence-corrected chi connectivity index (χ0v) is 17.0. The number of piperidine rings is 1. The van der Waals surface area contributed by atoms with E-state index in [0.717, 1.165) is 50.6 Å². The smallest absolute Gasteiger partial charge is 0.211 e. The molecule has 2 heterocycles. The normalized spacial score (nSPS) is 22.8.